The molecule has 0 fully saturated rings. The Bertz CT molecular complexity index is 1240. The Kier molecular flexibility index (Phi) is 7.51. The van der Waals surface area contributed by atoms with E-state index in [4.69, 9.17) is 4.74 Å². The number of nitrogens with one attached hydrogen (secondary N) is 2. The van der Waals surface area contributed by atoms with Crippen LogP contribution in [0.4, 0.5) is 5.69 Å². The van der Waals surface area contributed by atoms with E-state index in [1.165, 1.54) is 31.2 Å². The van der Waals surface area contributed by atoms with E-state index in [9.17, 15) is 18.0 Å². The number of benzene rings is 1. The third-order valence-electron chi connectivity index (χ3n) is 4.22. The van der Waals surface area contributed by atoms with E-state index in [0.29, 0.717) is 22.2 Å². The summed E-state index contributed by atoms with van der Waals surface area (Å²) in [6.45, 7) is 6.54. The van der Waals surface area contributed by atoms with Gasteiger partial charge in [-0.2, -0.15) is 0 Å². The van der Waals surface area contributed by atoms with Gasteiger partial charge in [-0.25, -0.2) is 32.9 Å². The summed E-state index contributed by atoms with van der Waals surface area (Å²) in [6, 6.07) is 7.11. The third kappa shape index (κ3) is 6.18. The monoisotopic (exact) mass is 489 g/mol. The summed E-state index contributed by atoms with van der Waals surface area (Å²) < 4.78 is 32.2. The molecule has 2 aromatic heterocycles. The number of anilines is 1. The van der Waals surface area contributed by atoms with Crippen LogP contribution in [0, 0.1) is 6.92 Å². The van der Waals surface area contributed by atoms with Gasteiger partial charge >= 0.3 is 5.97 Å². The van der Waals surface area contributed by atoms with E-state index < -0.39 is 28.0 Å². The van der Waals surface area contributed by atoms with Crippen molar-refractivity contribution in [2.75, 3.05) is 5.32 Å². The van der Waals surface area contributed by atoms with Crippen LogP contribution in [-0.4, -0.2) is 47.4 Å². The lowest BCUT2D eigenvalue weighted by Crippen LogP contribution is -2.30. The van der Waals surface area contributed by atoms with Crippen molar-refractivity contribution in [3.63, 3.8) is 0 Å². The predicted molar refractivity (Wildman–Crippen MR) is 123 cm³/mol. The van der Waals surface area contributed by atoms with Gasteiger partial charge in [-0.3, -0.25) is 4.79 Å². The molecule has 0 radical (unpaired) electrons. The lowest BCUT2D eigenvalue weighted by atomic mass is 10.3. The van der Waals surface area contributed by atoms with Crippen molar-refractivity contribution >= 4 is 38.9 Å². The highest BCUT2D eigenvalue weighted by atomic mass is 32.2. The Labute approximate surface area is 195 Å². The Balaban J connectivity index is 1.63. The number of aromatic nitrogens is 3. The molecular weight excluding hydrogens is 466 g/mol. The first kappa shape index (κ1) is 24.4. The summed E-state index contributed by atoms with van der Waals surface area (Å²) in [5, 5.41) is 3.07. The maximum atomic E-state index is 12.6. The first-order valence-electron chi connectivity index (χ1n) is 9.96. The van der Waals surface area contributed by atoms with Gasteiger partial charge in [0.05, 0.1) is 10.6 Å². The Morgan fingerprint density at radius 3 is 2.30 bits per heavy atom. The molecule has 0 aliphatic heterocycles. The molecule has 2 N–H and O–H groups in total. The van der Waals surface area contributed by atoms with E-state index in [2.05, 4.69) is 25.0 Å². The van der Waals surface area contributed by atoms with E-state index in [1.807, 2.05) is 0 Å². The minimum atomic E-state index is -3.64. The van der Waals surface area contributed by atoms with E-state index >= 15 is 0 Å². The molecule has 0 aliphatic carbocycles. The number of thiazole rings is 1. The molecule has 3 aromatic rings. The molecule has 0 saturated carbocycles. The highest BCUT2D eigenvalue weighted by molar-refractivity contribution is 7.89. The zero-order valence-electron chi connectivity index (χ0n) is 18.4. The van der Waals surface area contributed by atoms with Crippen molar-refractivity contribution in [1.82, 2.24) is 19.7 Å². The topological polar surface area (TPSA) is 140 Å². The van der Waals surface area contributed by atoms with Crippen LogP contribution in [-0.2, 0) is 19.6 Å². The summed E-state index contributed by atoms with van der Waals surface area (Å²) in [4.78, 5) is 37.9. The molecule has 0 aliphatic rings. The number of carbonyl (C=O) groups excluding carboxylic acids is 2. The number of nitrogens with zero attached hydrogens (tertiary/aromatic N) is 3. The summed E-state index contributed by atoms with van der Waals surface area (Å²) in [5.41, 5.74) is 0.816. The number of esters is 1. The number of aryl methyl sites for hydroxylation is 1. The van der Waals surface area contributed by atoms with Crippen molar-refractivity contribution in [3.05, 3.63) is 53.3 Å². The average Bonchev–Trinajstić information content (AvgIpc) is 3.15. The maximum Gasteiger partial charge on any atom is 0.351 e. The van der Waals surface area contributed by atoms with Gasteiger partial charge in [0, 0.05) is 24.1 Å². The minimum absolute atomic E-state index is 0.0764. The van der Waals surface area contributed by atoms with Crippen LogP contribution in [0.2, 0.25) is 0 Å². The molecule has 1 aromatic carbocycles. The van der Waals surface area contributed by atoms with Crippen LogP contribution in [0.15, 0.2) is 47.6 Å². The molecule has 33 heavy (non-hydrogen) atoms. The van der Waals surface area contributed by atoms with Crippen molar-refractivity contribution in [2.24, 2.45) is 0 Å². The molecule has 0 spiro atoms. The highest BCUT2D eigenvalue weighted by Crippen LogP contribution is 2.26. The summed E-state index contributed by atoms with van der Waals surface area (Å²) in [5.74, 6) is -0.853. The van der Waals surface area contributed by atoms with Gasteiger partial charge < -0.3 is 10.1 Å². The second-order valence-corrected chi connectivity index (χ2v) is 10.1. The zero-order valence-corrected chi connectivity index (χ0v) is 20.0. The molecule has 3 rings (SSSR count). The second kappa shape index (κ2) is 10.1. The second-order valence-electron chi connectivity index (χ2n) is 7.34. The smallest absolute Gasteiger partial charge is 0.351 e. The fourth-order valence-corrected chi connectivity index (χ4v) is 4.85. The zero-order chi connectivity index (χ0) is 24.2. The predicted octanol–water partition coefficient (Wildman–Crippen LogP) is 2.78. The van der Waals surface area contributed by atoms with E-state index in [1.54, 1.807) is 39.2 Å². The van der Waals surface area contributed by atoms with Crippen molar-refractivity contribution in [1.29, 1.82) is 0 Å². The van der Waals surface area contributed by atoms with Gasteiger partial charge in [-0.15, -0.1) is 11.3 Å². The van der Waals surface area contributed by atoms with E-state index in [0.717, 1.165) is 11.3 Å². The van der Waals surface area contributed by atoms with Crippen LogP contribution in [0.3, 0.4) is 0 Å². The van der Waals surface area contributed by atoms with Gasteiger partial charge in [0.15, 0.2) is 16.9 Å². The Hall–Kier alpha value is -3.22. The van der Waals surface area contributed by atoms with Crippen LogP contribution < -0.4 is 10.0 Å². The lowest BCUT2D eigenvalue weighted by Gasteiger charge is -2.14. The fourth-order valence-electron chi connectivity index (χ4n) is 2.70. The number of amides is 1. The van der Waals surface area contributed by atoms with Crippen LogP contribution >= 0.6 is 11.3 Å². The molecule has 1 atom stereocenters. The number of carbonyl (C=O) groups is 2. The quantitative estimate of drug-likeness (QED) is 0.460. The van der Waals surface area contributed by atoms with Gasteiger partial charge in [0.25, 0.3) is 5.91 Å². The van der Waals surface area contributed by atoms with Gasteiger partial charge in [-0.1, -0.05) is 0 Å². The molecule has 12 heteroatoms. The molecule has 2 heterocycles. The molecule has 0 saturated heterocycles. The Morgan fingerprint density at radius 1 is 1.06 bits per heavy atom. The molecule has 1 amide bonds. The lowest BCUT2D eigenvalue weighted by molar-refractivity contribution is -0.123. The first-order valence-corrected chi connectivity index (χ1v) is 12.3. The number of sulfonamides is 1. The van der Waals surface area contributed by atoms with Crippen molar-refractivity contribution in [2.45, 2.75) is 44.7 Å². The number of hydrogen-bond donors (Lipinski definition) is 2. The summed E-state index contributed by atoms with van der Waals surface area (Å²) in [6.07, 6.45) is 2.06. The van der Waals surface area contributed by atoms with E-state index in [-0.39, 0.29) is 15.8 Å². The largest absolute Gasteiger partial charge is 0.448 e. The molecular formula is C21H23N5O5S2. The number of hydrogen-bond acceptors (Lipinski definition) is 9. The molecule has 1 unspecified atom stereocenters. The average molecular weight is 490 g/mol. The van der Waals surface area contributed by atoms with Crippen LogP contribution in [0.1, 0.15) is 36.1 Å². The number of ether oxygens (including phenoxy) is 1. The first-order chi connectivity index (χ1) is 15.6. The van der Waals surface area contributed by atoms with Crippen LogP contribution in [0.25, 0.3) is 10.8 Å². The van der Waals surface area contributed by atoms with Gasteiger partial charge in [0.1, 0.15) is 4.88 Å². The SMILES string of the molecule is Cc1nc(-c2ncccn2)sc1C(=O)OC(C)C(=O)Nc1ccc(S(=O)(=O)NC(C)C)cc1. The van der Waals surface area contributed by atoms with Crippen molar-refractivity contribution < 1.29 is 22.7 Å². The third-order valence-corrected chi connectivity index (χ3v) is 7.02. The fraction of sp³-hybridized carbons (Fsp3) is 0.286. The summed E-state index contributed by atoms with van der Waals surface area (Å²) in [7, 11) is -3.64. The summed E-state index contributed by atoms with van der Waals surface area (Å²) >= 11 is 1.08. The highest BCUT2D eigenvalue weighted by Gasteiger charge is 2.24. The maximum absolute atomic E-state index is 12.6. The standard InChI is InChI=1S/C21H23N5O5S2/c1-12(2)26-33(29,30)16-8-6-15(7-9-16)25-19(27)14(4)31-21(28)17-13(3)24-20(32-17)18-22-10-5-11-23-18/h5-12,14,26H,1-4H3,(H,25,27). The van der Waals surface area contributed by atoms with Gasteiger partial charge in [-0.05, 0) is 58.0 Å². The normalized spacial score (nSPS) is 12.4. The molecule has 10 nitrogen and oxygen atoms in total. The minimum Gasteiger partial charge on any atom is -0.448 e. The van der Waals surface area contributed by atoms with Crippen molar-refractivity contribution in [3.8, 4) is 10.8 Å². The molecule has 0 bridgehead atoms. The van der Waals surface area contributed by atoms with Crippen LogP contribution in [0.5, 0.6) is 0 Å². The van der Waals surface area contributed by atoms with Gasteiger partial charge in [0.2, 0.25) is 10.0 Å². The Morgan fingerprint density at radius 2 is 1.70 bits per heavy atom. The molecule has 174 valence electrons. The number of rotatable bonds is 8.